The molecule has 3 heterocycles. The van der Waals surface area contributed by atoms with Crippen LogP contribution in [-0.2, 0) is 6.42 Å². The van der Waals surface area contributed by atoms with E-state index in [2.05, 4.69) is 27.1 Å². The van der Waals surface area contributed by atoms with Gasteiger partial charge in [0.05, 0.1) is 16.7 Å². The molecule has 1 aliphatic heterocycles. The molecule has 19 heavy (non-hydrogen) atoms. The third kappa shape index (κ3) is 2.46. The molecule has 0 bridgehead atoms. The molecule has 5 nitrogen and oxygen atoms in total. The zero-order valence-electron chi connectivity index (χ0n) is 10.9. The molecule has 6 heteroatoms. The summed E-state index contributed by atoms with van der Waals surface area (Å²) in [6, 6.07) is 3.85. The summed E-state index contributed by atoms with van der Waals surface area (Å²) in [6.07, 6.45) is 0.868. The van der Waals surface area contributed by atoms with Crippen LogP contribution < -0.4 is 10.2 Å². The minimum atomic E-state index is 0.723. The first-order valence-electron chi connectivity index (χ1n) is 6.63. The van der Waals surface area contributed by atoms with Gasteiger partial charge in [-0.05, 0) is 18.6 Å². The van der Waals surface area contributed by atoms with Gasteiger partial charge in [0.15, 0.2) is 0 Å². The fourth-order valence-corrected chi connectivity index (χ4v) is 2.52. The van der Waals surface area contributed by atoms with Gasteiger partial charge in [0.25, 0.3) is 0 Å². The van der Waals surface area contributed by atoms with Crippen LogP contribution in [-0.4, -0.2) is 41.1 Å². The average Bonchev–Trinajstić information content (AvgIpc) is 2.47. The Hall–Kier alpha value is -1.53. The van der Waals surface area contributed by atoms with E-state index in [0.717, 1.165) is 59.9 Å². The number of anilines is 1. The van der Waals surface area contributed by atoms with E-state index < -0.39 is 0 Å². The fraction of sp³-hybridized carbons (Fsp3) is 0.462. The standard InChI is InChI=1S/C13H17N5S/c1-2-9-12-10(3-4-11(19)17-12)16-13(15-9)18-7-5-14-6-8-18/h3-4,14H,2,5-8H2,1H3,(H,17,19). The van der Waals surface area contributed by atoms with E-state index in [1.165, 1.54) is 0 Å². The summed E-state index contributed by atoms with van der Waals surface area (Å²) in [7, 11) is 0. The number of fused-ring (bicyclic) bond motifs is 1. The van der Waals surface area contributed by atoms with Crippen molar-refractivity contribution in [2.45, 2.75) is 13.3 Å². The van der Waals surface area contributed by atoms with Gasteiger partial charge in [-0.3, -0.25) is 0 Å². The Kier molecular flexibility index (Phi) is 3.44. The Bertz CT molecular complexity index is 645. The maximum Gasteiger partial charge on any atom is 0.226 e. The Morgan fingerprint density at radius 3 is 2.79 bits per heavy atom. The largest absolute Gasteiger partial charge is 0.343 e. The first-order valence-corrected chi connectivity index (χ1v) is 7.04. The minimum absolute atomic E-state index is 0.723. The second-order valence-electron chi connectivity index (χ2n) is 4.64. The third-order valence-corrected chi connectivity index (χ3v) is 3.61. The lowest BCUT2D eigenvalue weighted by molar-refractivity contribution is 0.580. The van der Waals surface area contributed by atoms with Crippen LogP contribution in [0.1, 0.15) is 12.6 Å². The van der Waals surface area contributed by atoms with Gasteiger partial charge in [-0.1, -0.05) is 19.1 Å². The first-order chi connectivity index (χ1) is 9.28. The van der Waals surface area contributed by atoms with Crippen molar-refractivity contribution in [3.05, 3.63) is 22.5 Å². The van der Waals surface area contributed by atoms with Crippen molar-refractivity contribution < 1.29 is 0 Å². The summed E-state index contributed by atoms with van der Waals surface area (Å²) in [4.78, 5) is 14.8. The highest BCUT2D eigenvalue weighted by atomic mass is 32.1. The van der Waals surface area contributed by atoms with E-state index in [-0.39, 0.29) is 0 Å². The number of aromatic amines is 1. The Labute approximate surface area is 117 Å². The number of H-pyrrole nitrogens is 1. The third-order valence-electron chi connectivity index (χ3n) is 3.38. The predicted octanol–water partition coefficient (Wildman–Crippen LogP) is 1.66. The molecular weight excluding hydrogens is 258 g/mol. The summed E-state index contributed by atoms with van der Waals surface area (Å²) in [5.41, 5.74) is 2.94. The van der Waals surface area contributed by atoms with Crippen LogP contribution >= 0.6 is 12.2 Å². The first kappa shape index (κ1) is 12.5. The molecule has 3 rings (SSSR count). The highest BCUT2D eigenvalue weighted by Gasteiger charge is 2.15. The fourth-order valence-electron chi connectivity index (χ4n) is 2.35. The molecule has 0 spiro atoms. The van der Waals surface area contributed by atoms with Gasteiger partial charge in [0.2, 0.25) is 5.95 Å². The van der Waals surface area contributed by atoms with E-state index >= 15 is 0 Å². The van der Waals surface area contributed by atoms with E-state index in [1.54, 1.807) is 0 Å². The summed E-state index contributed by atoms with van der Waals surface area (Å²) < 4.78 is 0.723. The lowest BCUT2D eigenvalue weighted by Gasteiger charge is -2.27. The summed E-state index contributed by atoms with van der Waals surface area (Å²) in [5, 5.41) is 3.34. The number of aromatic nitrogens is 3. The van der Waals surface area contributed by atoms with Crippen LogP contribution in [0.4, 0.5) is 5.95 Å². The number of aryl methyl sites for hydroxylation is 1. The molecule has 0 amide bonds. The van der Waals surface area contributed by atoms with Gasteiger partial charge in [-0.25, -0.2) is 9.97 Å². The predicted molar refractivity (Wildman–Crippen MR) is 79.2 cm³/mol. The number of rotatable bonds is 2. The molecule has 2 N–H and O–H groups in total. The highest BCUT2D eigenvalue weighted by molar-refractivity contribution is 7.71. The van der Waals surface area contributed by atoms with Gasteiger partial charge in [0.1, 0.15) is 4.64 Å². The lowest BCUT2D eigenvalue weighted by atomic mass is 10.2. The van der Waals surface area contributed by atoms with Crippen molar-refractivity contribution in [2.75, 3.05) is 31.1 Å². The molecule has 2 aromatic rings. The van der Waals surface area contributed by atoms with Gasteiger partial charge in [0, 0.05) is 26.2 Å². The number of nitrogens with one attached hydrogen (secondary N) is 2. The maximum absolute atomic E-state index is 5.18. The Balaban J connectivity index is 2.11. The number of hydrogen-bond acceptors (Lipinski definition) is 5. The van der Waals surface area contributed by atoms with E-state index in [9.17, 15) is 0 Å². The lowest BCUT2D eigenvalue weighted by Crippen LogP contribution is -2.44. The zero-order valence-corrected chi connectivity index (χ0v) is 11.8. The number of hydrogen-bond donors (Lipinski definition) is 2. The number of piperazine rings is 1. The topological polar surface area (TPSA) is 56.8 Å². The summed E-state index contributed by atoms with van der Waals surface area (Å²) in [5.74, 6) is 0.830. The Morgan fingerprint density at radius 2 is 2.05 bits per heavy atom. The van der Waals surface area contributed by atoms with E-state index in [1.807, 2.05) is 12.1 Å². The summed E-state index contributed by atoms with van der Waals surface area (Å²) >= 11 is 5.18. The van der Waals surface area contributed by atoms with Gasteiger partial charge in [-0.15, -0.1) is 0 Å². The quantitative estimate of drug-likeness (QED) is 0.816. The second-order valence-corrected chi connectivity index (χ2v) is 5.08. The molecule has 1 fully saturated rings. The van der Waals surface area contributed by atoms with Crippen LogP contribution in [0.3, 0.4) is 0 Å². The molecule has 2 aromatic heterocycles. The van der Waals surface area contributed by atoms with Gasteiger partial charge in [-0.2, -0.15) is 0 Å². The van der Waals surface area contributed by atoms with Crippen molar-refractivity contribution in [1.29, 1.82) is 0 Å². The van der Waals surface area contributed by atoms with Crippen LogP contribution in [0.2, 0.25) is 0 Å². The second kappa shape index (κ2) is 5.22. The minimum Gasteiger partial charge on any atom is -0.343 e. The molecule has 0 aromatic carbocycles. The average molecular weight is 275 g/mol. The zero-order chi connectivity index (χ0) is 13.2. The molecule has 0 aliphatic carbocycles. The maximum atomic E-state index is 5.18. The summed E-state index contributed by atoms with van der Waals surface area (Å²) in [6.45, 7) is 5.99. The number of pyridine rings is 1. The van der Waals surface area contributed by atoms with Crippen LogP contribution in [0.5, 0.6) is 0 Å². The molecule has 1 saturated heterocycles. The van der Waals surface area contributed by atoms with Crippen LogP contribution in [0.15, 0.2) is 12.1 Å². The van der Waals surface area contributed by atoms with Gasteiger partial charge >= 0.3 is 0 Å². The number of nitrogens with zero attached hydrogens (tertiary/aromatic N) is 3. The SMILES string of the molecule is CCc1nc(N2CCNCC2)nc2ccc(=S)[nH]c12. The van der Waals surface area contributed by atoms with Crippen LogP contribution in [0, 0.1) is 4.64 Å². The van der Waals surface area contributed by atoms with Crippen molar-refractivity contribution in [3.8, 4) is 0 Å². The highest BCUT2D eigenvalue weighted by Crippen LogP contribution is 2.18. The Morgan fingerprint density at radius 1 is 1.26 bits per heavy atom. The smallest absolute Gasteiger partial charge is 0.226 e. The normalized spacial score (nSPS) is 15.9. The van der Waals surface area contributed by atoms with Crippen molar-refractivity contribution in [3.63, 3.8) is 0 Å². The van der Waals surface area contributed by atoms with E-state index in [4.69, 9.17) is 17.2 Å². The van der Waals surface area contributed by atoms with Gasteiger partial charge < -0.3 is 15.2 Å². The molecule has 1 aliphatic rings. The molecule has 0 atom stereocenters. The molecule has 0 saturated carbocycles. The van der Waals surface area contributed by atoms with E-state index in [0.29, 0.717) is 0 Å². The molecule has 0 unspecified atom stereocenters. The van der Waals surface area contributed by atoms with Crippen molar-refractivity contribution >= 4 is 29.2 Å². The van der Waals surface area contributed by atoms with Crippen molar-refractivity contribution in [2.24, 2.45) is 0 Å². The molecule has 100 valence electrons. The van der Waals surface area contributed by atoms with Crippen LogP contribution in [0.25, 0.3) is 11.0 Å². The molecule has 0 radical (unpaired) electrons. The molecular formula is C13H17N5S. The monoisotopic (exact) mass is 275 g/mol. The van der Waals surface area contributed by atoms with Crippen molar-refractivity contribution in [1.82, 2.24) is 20.3 Å².